The molecule has 2 aromatic rings. The van der Waals surface area contributed by atoms with Crippen molar-refractivity contribution in [2.75, 3.05) is 31.1 Å². The summed E-state index contributed by atoms with van der Waals surface area (Å²) < 4.78 is 0. The lowest BCUT2D eigenvalue weighted by atomic mass is 9.95. The van der Waals surface area contributed by atoms with Crippen LogP contribution in [0.15, 0.2) is 30.3 Å². The minimum absolute atomic E-state index is 0.166. The zero-order valence-electron chi connectivity index (χ0n) is 18.6. The van der Waals surface area contributed by atoms with Crippen LogP contribution >= 0.6 is 0 Å². The largest absolute Gasteiger partial charge is 0.303 e. The number of fused-ring (bicyclic) bond motifs is 1. The lowest BCUT2D eigenvalue weighted by Gasteiger charge is -2.32. The minimum atomic E-state index is 0.166. The second-order valence-electron chi connectivity index (χ2n) is 9.25. The van der Waals surface area contributed by atoms with Crippen LogP contribution in [0.3, 0.4) is 0 Å². The van der Waals surface area contributed by atoms with E-state index < -0.39 is 0 Å². The van der Waals surface area contributed by atoms with E-state index in [-0.39, 0.29) is 5.91 Å². The number of carbonyl (C=O) groups is 1. The van der Waals surface area contributed by atoms with Gasteiger partial charge in [-0.05, 0) is 57.2 Å². The molecule has 4 rings (SSSR count). The Bertz CT molecular complexity index is 872. The van der Waals surface area contributed by atoms with Gasteiger partial charge in [-0.3, -0.25) is 9.69 Å². The molecule has 5 heteroatoms. The molecule has 2 aliphatic rings. The van der Waals surface area contributed by atoms with Crippen LogP contribution in [0.4, 0.5) is 5.82 Å². The van der Waals surface area contributed by atoms with Gasteiger partial charge < -0.3 is 4.90 Å². The highest BCUT2D eigenvalue weighted by atomic mass is 16.2. The summed E-state index contributed by atoms with van der Waals surface area (Å²) in [5.74, 6) is 3.09. The predicted molar refractivity (Wildman–Crippen MR) is 121 cm³/mol. The van der Waals surface area contributed by atoms with E-state index in [0.29, 0.717) is 18.3 Å². The molecule has 1 aromatic carbocycles. The van der Waals surface area contributed by atoms with Gasteiger partial charge in [0.2, 0.25) is 5.91 Å². The van der Waals surface area contributed by atoms with Crippen molar-refractivity contribution < 1.29 is 4.79 Å². The van der Waals surface area contributed by atoms with Crippen molar-refractivity contribution in [2.45, 2.75) is 58.8 Å². The molecular weight excluding hydrogens is 372 g/mol. The van der Waals surface area contributed by atoms with Crippen molar-refractivity contribution in [2.24, 2.45) is 5.92 Å². The maximum Gasteiger partial charge on any atom is 0.232 e. The van der Waals surface area contributed by atoms with Gasteiger partial charge in [0.15, 0.2) is 0 Å². The van der Waals surface area contributed by atoms with Crippen LogP contribution in [0.2, 0.25) is 0 Å². The van der Waals surface area contributed by atoms with Crippen molar-refractivity contribution in [1.82, 2.24) is 14.9 Å². The van der Waals surface area contributed by atoms with Crippen LogP contribution in [0, 0.1) is 12.8 Å². The molecule has 0 atom stereocenters. The number of carbonyl (C=O) groups excluding carboxylic acids is 1. The first kappa shape index (κ1) is 21.0. The Morgan fingerprint density at radius 1 is 1.10 bits per heavy atom. The van der Waals surface area contributed by atoms with E-state index in [9.17, 15) is 4.79 Å². The highest BCUT2D eigenvalue weighted by Crippen LogP contribution is 2.33. The zero-order valence-corrected chi connectivity index (χ0v) is 18.6. The first-order valence-electron chi connectivity index (χ1n) is 11.5. The molecule has 5 nitrogen and oxygen atoms in total. The predicted octanol–water partition coefficient (Wildman–Crippen LogP) is 4.14. The summed E-state index contributed by atoms with van der Waals surface area (Å²) in [5.41, 5.74) is 3.33. The maximum atomic E-state index is 12.7. The average molecular weight is 407 g/mol. The molecule has 0 radical (unpaired) electrons. The van der Waals surface area contributed by atoms with Crippen molar-refractivity contribution in [1.29, 1.82) is 0 Å². The molecule has 1 aromatic heterocycles. The lowest BCUT2D eigenvalue weighted by Crippen LogP contribution is -2.36. The highest BCUT2D eigenvalue weighted by molar-refractivity contribution is 6.00. The Morgan fingerprint density at radius 2 is 1.83 bits per heavy atom. The molecule has 0 spiro atoms. The zero-order chi connectivity index (χ0) is 21.1. The summed E-state index contributed by atoms with van der Waals surface area (Å²) >= 11 is 0. The number of amides is 1. The number of rotatable bonds is 7. The smallest absolute Gasteiger partial charge is 0.232 e. The van der Waals surface area contributed by atoms with Gasteiger partial charge in [0.25, 0.3) is 0 Å². The third-order valence-corrected chi connectivity index (χ3v) is 6.36. The molecule has 1 saturated heterocycles. The molecule has 0 N–H and O–H groups in total. The van der Waals surface area contributed by atoms with E-state index in [1.165, 1.54) is 12.1 Å². The van der Waals surface area contributed by atoms with Crippen LogP contribution in [-0.2, 0) is 17.6 Å². The molecule has 160 valence electrons. The van der Waals surface area contributed by atoms with Gasteiger partial charge >= 0.3 is 0 Å². The summed E-state index contributed by atoms with van der Waals surface area (Å²) in [5, 5.41) is 0. The average Bonchev–Trinajstić information content (AvgIpc) is 3.05. The van der Waals surface area contributed by atoms with Crippen LogP contribution < -0.4 is 4.90 Å². The monoisotopic (exact) mass is 406 g/mol. The van der Waals surface area contributed by atoms with Gasteiger partial charge in [0, 0.05) is 30.3 Å². The SMILES string of the molecule is Cc1nc(C2CCN(CC(C)C)CC2)nc2c1CC(=O)N2CCCc1ccccc1. The van der Waals surface area contributed by atoms with Crippen molar-refractivity contribution >= 4 is 11.7 Å². The molecule has 0 aliphatic carbocycles. The van der Waals surface area contributed by atoms with E-state index in [1.54, 1.807) is 0 Å². The number of piperidine rings is 1. The number of benzene rings is 1. The second kappa shape index (κ2) is 9.25. The number of nitrogens with zero attached hydrogens (tertiary/aromatic N) is 4. The summed E-state index contributed by atoms with van der Waals surface area (Å²) in [4.78, 5) is 27.0. The molecular formula is C25H34N4O. The summed E-state index contributed by atoms with van der Waals surface area (Å²) in [7, 11) is 0. The Hall–Kier alpha value is -2.27. The molecule has 0 bridgehead atoms. The fourth-order valence-corrected chi connectivity index (χ4v) is 4.79. The quantitative estimate of drug-likeness (QED) is 0.693. The third-order valence-electron chi connectivity index (χ3n) is 6.36. The van der Waals surface area contributed by atoms with E-state index in [2.05, 4.69) is 43.0 Å². The Kier molecular flexibility index (Phi) is 6.47. The molecule has 0 saturated carbocycles. The Morgan fingerprint density at radius 3 is 2.53 bits per heavy atom. The van der Waals surface area contributed by atoms with Gasteiger partial charge in [-0.1, -0.05) is 44.2 Å². The minimum Gasteiger partial charge on any atom is -0.303 e. The van der Waals surface area contributed by atoms with Gasteiger partial charge in [0.05, 0.1) is 6.42 Å². The van der Waals surface area contributed by atoms with Crippen LogP contribution in [0.25, 0.3) is 0 Å². The number of anilines is 1. The van der Waals surface area contributed by atoms with Crippen molar-refractivity contribution in [3.05, 3.63) is 53.0 Å². The lowest BCUT2D eigenvalue weighted by molar-refractivity contribution is -0.117. The van der Waals surface area contributed by atoms with E-state index in [0.717, 1.165) is 68.2 Å². The molecule has 2 aliphatic heterocycles. The highest BCUT2D eigenvalue weighted by Gasteiger charge is 2.32. The number of aromatic nitrogens is 2. The van der Waals surface area contributed by atoms with E-state index >= 15 is 0 Å². The number of aryl methyl sites for hydroxylation is 2. The first-order valence-corrected chi connectivity index (χ1v) is 11.5. The van der Waals surface area contributed by atoms with Gasteiger partial charge in [-0.25, -0.2) is 9.97 Å². The number of hydrogen-bond donors (Lipinski definition) is 0. The molecule has 1 fully saturated rings. The molecule has 1 amide bonds. The normalized spacial score (nSPS) is 17.7. The van der Waals surface area contributed by atoms with Crippen LogP contribution in [0.5, 0.6) is 0 Å². The second-order valence-corrected chi connectivity index (χ2v) is 9.25. The molecule has 0 unspecified atom stereocenters. The van der Waals surface area contributed by atoms with Gasteiger partial charge in [-0.15, -0.1) is 0 Å². The number of likely N-dealkylation sites (tertiary alicyclic amines) is 1. The molecule has 3 heterocycles. The van der Waals surface area contributed by atoms with Crippen LogP contribution in [0.1, 0.15) is 61.7 Å². The number of hydrogen-bond acceptors (Lipinski definition) is 4. The Balaban J connectivity index is 1.44. The maximum absolute atomic E-state index is 12.7. The first-order chi connectivity index (χ1) is 14.5. The summed E-state index contributed by atoms with van der Waals surface area (Å²) in [6, 6.07) is 10.5. The topological polar surface area (TPSA) is 49.3 Å². The Labute approximate surface area is 180 Å². The van der Waals surface area contributed by atoms with E-state index in [4.69, 9.17) is 9.97 Å². The van der Waals surface area contributed by atoms with Crippen molar-refractivity contribution in [3.8, 4) is 0 Å². The standard InChI is InChI=1S/C25H34N4O/c1-18(2)17-28-14-11-21(12-15-28)24-26-19(3)22-16-23(30)29(25(22)27-24)13-7-10-20-8-5-4-6-9-20/h4-6,8-9,18,21H,7,10-17H2,1-3H3. The molecule has 30 heavy (non-hydrogen) atoms. The van der Waals surface area contributed by atoms with Gasteiger partial charge in [-0.2, -0.15) is 0 Å². The van der Waals surface area contributed by atoms with Gasteiger partial charge in [0.1, 0.15) is 11.6 Å². The fourth-order valence-electron chi connectivity index (χ4n) is 4.79. The van der Waals surface area contributed by atoms with Crippen LogP contribution in [-0.4, -0.2) is 47.0 Å². The summed E-state index contributed by atoms with van der Waals surface area (Å²) in [6.45, 7) is 10.7. The van der Waals surface area contributed by atoms with Crippen molar-refractivity contribution in [3.63, 3.8) is 0 Å². The third kappa shape index (κ3) is 4.72. The van der Waals surface area contributed by atoms with E-state index in [1.807, 2.05) is 17.9 Å². The summed E-state index contributed by atoms with van der Waals surface area (Å²) in [6.07, 6.45) is 4.58. The fraction of sp³-hybridized carbons (Fsp3) is 0.560.